The van der Waals surface area contributed by atoms with Crippen LogP contribution in [0.4, 0.5) is 4.39 Å². The summed E-state index contributed by atoms with van der Waals surface area (Å²) in [7, 11) is 3.17. The van der Waals surface area contributed by atoms with Crippen molar-refractivity contribution in [3.05, 3.63) is 71.2 Å². The van der Waals surface area contributed by atoms with Gasteiger partial charge in [-0.2, -0.15) is 0 Å². The Morgan fingerprint density at radius 2 is 1.81 bits per heavy atom. The number of likely N-dealkylation sites (N-methyl/N-ethyl adjacent to an activating group) is 1. The smallest absolute Gasteiger partial charge is 0.375 e. The fraction of sp³-hybridized carbons (Fsp3) is 0.200. The first-order chi connectivity index (χ1) is 12.4. The molecule has 3 aromatic rings. The highest BCUT2D eigenvalue weighted by atomic mass is 19.1. The highest BCUT2D eigenvalue weighted by Crippen LogP contribution is 2.28. The molecule has 0 unspecified atom stereocenters. The third-order valence-electron chi connectivity index (χ3n) is 4.08. The summed E-state index contributed by atoms with van der Waals surface area (Å²) in [6, 6.07) is 12.7. The topological polar surface area (TPSA) is 59.8 Å². The Kier molecular flexibility index (Phi) is 4.75. The van der Waals surface area contributed by atoms with Crippen molar-refractivity contribution in [1.82, 2.24) is 4.90 Å². The fourth-order valence-electron chi connectivity index (χ4n) is 2.67. The minimum absolute atomic E-state index is 0.0434. The number of hydrogen-bond donors (Lipinski definition) is 0. The number of benzene rings is 2. The number of ether oxygens (including phenoxy) is 1. The molecular weight excluding hydrogens is 337 g/mol. The quantitative estimate of drug-likeness (QED) is 0.667. The van der Waals surface area contributed by atoms with E-state index in [9.17, 15) is 14.0 Å². The Morgan fingerprint density at radius 1 is 1.12 bits per heavy atom. The number of fused-ring (bicyclic) bond motifs is 1. The van der Waals surface area contributed by atoms with Crippen molar-refractivity contribution in [1.29, 1.82) is 0 Å². The molecule has 26 heavy (non-hydrogen) atoms. The second-order valence-corrected chi connectivity index (χ2v) is 6.13. The molecule has 2 aromatic carbocycles. The molecule has 1 aromatic heterocycles. The molecule has 0 fully saturated rings. The van der Waals surface area contributed by atoms with Gasteiger partial charge in [0.05, 0.1) is 0 Å². The van der Waals surface area contributed by atoms with Crippen molar-refractivity contribution in [3.63, 3.8) is 0 Å². The van der Waals surface area contributed by atoms with Crippen molar-refractivity contribution in [2.75, 3.05) is 14.1 Å². The highest BCUT2D eigenvalue weighted by Gasteiger charge is 2.29. The van der Waals surface area contributed by atoms with Gasteiger partial charge in [-0.1, -0.05) is 30.3 Å². The van der Waals surface area contributed by atoms with Crippen molar-refractivity contribution in [2.45, 2.75) is 13.0 Å². The third kappa shape index (κ3) is 3.31. The Labute approximate surface area is 150 Å². The molecule has 0 bridgehead atoms. The van der Waals surface area contributed by atoms with Gasteiger partial charge in [-0.25, -0.2) is 9.18 Å². The van der Waals surface area contributed by atoms with Gasteiger partial charge >= 0.3 is 5.97 Å². The molecule has 0 aliphatic heterocycles. The molecule has 1 heterocycles. The molecule has 0 saturated carbocycles. The van der Waals surface area contributed by atoms with E-state index >= 15 is 0 Å². The molecule has 0 aliphatic rings. The molecule has 1 amide bonds. The molecular formula is C20H18FNO4. The first-order valence-corrected chi connectivity index (χ1v) is 8.04. The highest BCUT2D eigenvalue weighted by molar-refractivity contribution is 5.97. The zero-order valence-electron chi connectivity index (χ0n) is 14.7. The largest absolute Gasteiger partial charge is 0.449 e. The van der Waals surface area contributed by atoms with Crippen LogP contribution in [0.2, 0.25) is 0 Å². The zero-order valence-corrected chi connectivity index (χ0v) is 14.7. The van der Waals surface area contributed by atoms with Crippen LogP contribution in [0.3, 0.4) is 0 Å². The van der Waals surface area contributed by atoms with Crippen LogP contribution in [0.1, 0.15) is 27.8 Å². The van der Waals surface area contributed by atoms with Crippen LogP contribution in [0.25, 0.3) is 11.0 Å². The maximum Gasteiger partial charge on any atom is 0.375 e. The summed E-state index contributed by atoms with van der Waals surface area (Å²) in [6.45, 7) is 1.65. The number of amides is 1. The van der Waals surface area contributed by atoms with Crippen molar-refractivity contribution in [3.8, 4) is 0 Å². The summed E-state index contributed by atoms with van der Waals surface area (Å²) in [5.74, 6) is -1.61. The van der Waals surface area contributed by atoms with Gasteiger partial charge in [0, 0.05) is 30.6 Å². The van der Waals surface area contributed by atoms with Crippen LogP contribution in [0.5, 0.6) is 0 Å². The lowest BCUT2D eigenvalue weighted by Gasteiger charge is -2.20. The number of carbonyl (C=O) groups excluding carboxylic acids is 2. The van der Waals surface area contributed by atoms with Crippen LogP contribution in [-0.2, 0) is 9.53 Å². The Balaban J connectivity index is 1.96. The van der Waals surface area contributed by atoms with Gasteiger partial charge in [0.15, 0.2) is 0 Å². The van der Waals surface area contributed by atoms with Gasteiger partial charge < -0.3 is 14.1 Å². The Morgan fingerprint density at radius 3 is 2.46 bits per heavy atom. The zero-order chi connectivity index (χ0) is 18.8. The maximum atomic E-state index is 13.4. The van der Waals surface area contributed by atoms with E-state index < -0.39 is 17.9 Å². The van der Waals surface area contributed by atoms with Crippen molar-refractivity contribution < 1.29 is 23.1 Å². The monoisotopic (exact) mass is 355 g/mol. The molecule has 0 spiro atoms. The normalized spacial score (nSPS) is 12.0. The lowest BCUT2D eigenvalue weighted by molar-refractivity contribution is -0.138. The van der Waals surface area contributed by atoms with Crippen LogP contribution < -0.4 is 0 Å². The van der Waals surface area contributed by atoms with Gasteiger partial charge in [-0.15, -0.1) is 0 Å². The number of furan rings is 1. The molecule has 6 heteroatoms. The predicted molar refractivity (Wildman–Crippen MR) is 94.2 cm³/mol. The van der Waals surface area contributed by atoms with E-state index in [1.807, 2.05) is 0 Å². The van der Waals surface area contributed by atoms with E-state index in [0.29, 0.717) is 22.1 Å². The molecule has 0 radical (unpaired) electrons. The summed E-state index contributed by atoms with van der Waals surface area (Å²) in [5, 5.41) is 0.493. The van der Waals surface area contributed by atoms with E-state index in [0.717, 1.165) is 0 Å². The minimum atomic E-state index is -1.09. The van der Waals surface area contributed by atoms with Gasteiger partial charge in [0.2, 0.25) is 11.9 Å². The fourth-order valence-corrected chi connectivity index (χ4v) is 2.67. The average Bonchev–Trinajstić information content (AvgIpc) is 2.96. The lowest BCUT2D eigenvalue weighted by Crippen LogP contribution is -2.31. The summed E-state index contributed by atoms with van der Waals surface area (Å²) in [5.41, 5.74) is 1.40. The number of aryl methyl sites for hydroxylation is 1. The van der Waals surface area contributed by atoms with E-state index in [4.69, 9.17) is 9.15 Å². The van der Waals surface area contributed by atoms with Gasteiger partial charge in [0.25, 0.3) is 5.91 Å². The number of halogens is 1. The number of carbonyl (C=O) groups is 2. The number of esters is 1. The molecule has 134 valence electrons. The molecule has 1 atom stereocenters. The molecule has 0 N–H and O–H groups in total. The summed E-state index contributed by atoms with van der Waals surface area (Å²) >= 11 is 0. The molecule has 0 saturated heterocycles. The first-order valence-electron chi connectivity index (χ1n) is 8.04. The predicted octanol–water partition coefficient (Wildman–Crippen LogP) is 3.87. The van der Waals surface area contributed by atoms with Crippen molar-refractivity contribution in [2.24, 2.45) is 0 Å². The third-order valence-corrected chi connectivity index (χ3v) is 4.08. The summed E-state index contributed by atoms with van der Waals surface area (Å²) in [6.07, 6.45) is -1.09. The molecule has 3 rings (SSSR count). The number of nitrogens with zero attached hydrogens (tertiary/aromatic N) is 1. The SMILES string of the molecule is Cc1c(C(=O)O[C@@H](C(=O)N(C)C)c2ccccc2)oc2ccc(F)cc12. The molecule has 0 aliphatic carbocycles. The lowest BCUT2D eigenvalue weighted by atomic mass is 10.1. The second kappa shape index (κ2) is 7.00. The van der Waals surface area contributed by atoms with Crippen LogP contribution in [0, 0.1) is 12.7 Å². The standard InChI is InChI=1S/C20H18FNO4/c1-12-15-11-14(21)9-10-16(15)25-17(12)20(24)26-18(19(23)22(2)3)13-7-5-4-6-8-13/h4-11,18H,1-3H3/t18-/m1/s1. The summed E-state index contributed by atoms with van der Waals surface area (Å²) < 4.78 is 24.4. The van der Waals surface area contributed by atoms with E-state index in [-0.39, 0.29) is 11.7 Å². The molecule has 5 nitrogen and oxygen atoms in total. The summed E-state index contributed by atoms with van der Waals surface area (Å²) in [4.78, 5) is 26.5. The average molecular weight is 355 g/mol. The van der Waals surface area contributed by atoms with Crippen LogP contribution >= 0.6 is 0 Å². The van der Waals surface area contributed by atoms with E-state index in [1.165, 1.54) is 23.1 Å². The van der Waals surface area contributed by atoms with Gasteiger partial charge in [-0.3, -0.25) is 4.79 Å². The van der Waals surface area contributed by atoms with Crippen LogP contribution in [0.15, 0.2) is 52.9 Å². The van der Waals surface area contributed by atoms with Gasteiger partial charge in [-0.05, 0) is 25.1 Å². The van der Waals surface area contributed by atoms with E-state index in [1.54, 1.807) is 51.4 Å². The number of rotatable bonds is 4. The minimum Gasteiger partial charge on any atom is -0.449 e. The number of hydrogen-bond acceptors (Lipinski definition) is 4. The first kappa shape index (κ1) is 17.7. The maximum absolute atomic E-state index is 13.4. The van der Waals surface area contributed by atoms with E-state index in [2.05, 4.69) is 0 Å². The second-order valence-electron chi connectivity index (χ2n) is 6.13. The van der Waals surface area contributed by atoms with Crippen LogP contribution in [-0.4, -0.2) is 30.9 Å². The Bertz CT molecular complexity index is 963. The van der Waals surface area contributed by atoms with Crippen molar-refractivity contribution >= 4 is 22.8 Å². The Hall–Kier alpha value is -3.15. The van der Waals surface area contributed by atoms with Gasteiger partial charge in [0.1, 0.15) is 11.4 Å².